The molecule has 9 heteroatoms. The highest BCUT2D eigenvalue weighted by Crippen LogP contribution is 2.36. The minimum atomic E-state index is -4.75. The van der Waals surface area contributed by atoms with E-state index in [1.807, 2.05) is 0 Å². The van der Waals surface area contributed by atoms with Gasteiger partial charge in [0.05, 0.1) is 6.61 Å². The Hall–Kier alpha value is -1.21. The van der Waals surface area contributed by atoms with Crippen molar-refractivity contribution in [2.24, 2.45) is 0 Å². The molecule has 54 heavy (non-hydrogen) atoms. The van der Waals surface area contributed by atoms with Crippen LogP contribution in [0.1, 0.15) is 245 Å². The summed E-state index contributed by atoms with van der Waals surface area (Å²) in [5.41, 5.74) is 0. The van der Waals surface area contributed by atoms with E-state index in [-0.39, 0.29) is 19.4 Å². The van der Waals surface area contributed by atoms with Crippen LogP contribution < -0.4 is 0 Å². The van der Waals surface area contributed by atoms with Gasteiger partial charge in [0.1, 0.15) is 6.61 Å². The smallest absolute Gasteiger partial charge is 0.462 e. The molecule has 0 radical (unpaired) electrons. The number of hydrogen-bond acceptors (Lipinski definition) is 6. The van der Waals surface area contributed by atoms with Crippen LogP contribution in [0.4, 0.5) is 0 Å². The predicted octanol–water partition coefficient (Wildman–Crippen LogP) is 14.2. The van der Waals surface area contributed by atoms with Crippen LogP contribution in [0, 0.1) is 0 Å². The summed E-state index contributed by atoms with van der Waals surface area (Å²) in [6.07, 6.45) is 46.5. The summed E-state index contributed by atoms with van der Waals surface area (Å²) in [5.74, 6) is -0.875. The van der Waals surface area contributed by atoms with Gasteiger partial charge >= 0.3 is 19.8 Å². The van der Waals surface area contributed by atoms with Gasteiger partial charge in [0, 0.05) is 12.8 Å². The summed E-state index contributed by atoms with van der Waals surface area (Å²) in [4.78, 5) is 42.9. The van der Waals surface area contributed by atoms with E-state index in [0.29, 0.717) is 6.42 Å². The molecule has 8 nitrogen and oxygen atoms in total. The molecule has 0 heterocycles. The third kappa shape index (κ3) is 43.5. The molecule has 0 aliphatic heterocycles. The monoisotopic (exact) mass is 787 g/mol. The maximum atomic E-state index is 12.4. The van der Waals surface area contributed by atoms with Crippen molar-refractivity contribution in [3.63, 3.8) is 0 Å². The van der Waals surface area contributed by atoms with Crippen LogP contribution in [0.15, 0.2) is 12.2 Å². The summed E-state index contributed by atoms with van der Waals surface area (Å²) in [5, 5.41) is 0. The molecule has 0 aromatic heterocycles. The van der Waals surface area contributed by atoms with Crippen LogP contribution in [-0.2, 0) is 28.2 Å². The van der Waals surface area contributed by atoms with Crippen molar-refractivity contribution in [2.75, 3.05) is 13.2 Å². The molecule has 0 spiro atoms. The summed E-state index contributed by atoms with van der Waals surface area (Å²) in [6.45, 7) is 3.72. The van der Waals surface area contributed by atoms with Gasteiger partial charge in [-0.05, 0) is 38.5 Å². The van der Waals surface area contributed by atoms with Crippen LogP contribution >= 0.6 is 7.82 Å². The number of carbonyl (C=O) groups is 2. The molecule has 0 amide bonds. The number of hydrogen-bond donors (Lipinski definition) is 2. The van der Waals surface area contributed by atoms with E-state index in [4.69, 9.17) is 19.3 Å². The zero-order valence-corrected chi connectivity index (χ0v) is 36.3. The number of phosphoric ester groups is 1. The number of phosphoric acid groups is 1. The number of carbonyl (C=O) groups excluding carboxylic acids is 2. The first-order valence-corrected chi connectivity index (χ1v) is 24.5. The van der Waals surface area contributed by atoms with E-state index in [2.05, 4.69) is 30.5 Å². The van der Waals surface area contributed by atoms with Crippen LogP contribution in [0.3, 0.4) is 0 Å². The molecule has 0 fully saturated rings. The fraction of sp³-hybridized carbons (Fsp3) is 0.911. The molecule has 320 valence electrons. The Bertz CT molecular complexity index is 889. The zero-order chi connectivity index (χ0) is 39.6. The Kier molecular flexibility index (Phi) is 40.5. The van der Waals surface area contributed by atoms with E-state index >= 15 is 0 Å². The molecule has 0 aromatic rings. The molecule has 0 unspecified atom stereocenters. The van der Waals surface area contributed by atoms with Gasteiger partial charge in [0.15, 0.2) is 6.10 Å². The normalized spacial score (nSPS) is 12.4. The summed E-state index contributed by atoms with van der Waals surface area (Å²) < 4.78 is 26.5. The highest BCUT2D eigenvalue weighted by molar-refractivity contribution is 7.46. The van der Waals surface area contributed by atoms with E-state index < -0.39 is 32.5 Å². The van der Waals surface area contributed by atoms with Gasteiger partial charge in [-0.1, -0.05) is 206 Å². The van der Waals surface area contributed by atoms with Crippen LogP contribution in [-0.4, -0.2) is 41.0 Å². The topological polar surface area (TPSA) is 119 Å². The first-order valence-electron chi connectivity index (χ1n) is 23.0. The van der Waals surface area contributed by atoms with Crippen molar-refractivity contribution in [2.45, 2.75) is 251 Å². The second kappa shape index (κ2) is 41.4. The Morgan fingerprint density at radius 3 is 1.13 bits per heavy atom. The van der Waals surface area contributed by atoms with Crippen molar-refractivity contribution in [3.8, 4) is 0 Å². The number of allylic oxidation sites excluding steroid dienone is 2. The third-order valence-corrected chi connectivity index (χ3v) is 10.8. The third-order valence-electron chi connectivity index (χ3n) is 10.3. The lowest BCUT2D eigenvalue weighted by atomic mass is 10.0. The Labute approximate surface area is 333 Å². The van der Waals surface area contributed by atoms with Gasteiger partial charge in [-0.3, -0.25) is 14.1 Å². The van der Waals surface area contributed by atoms with Crippen molar-refractivity contribution in [1.82, 2.24) is 0 Å². The Balaban J connectivity index is 3.84. The molecule has 0 aliphatic carbocycles. The lowest BCUT2D eigenvalue weighted by Crippen LogP contribution is -2.29. The van der Waals surface area contributed by atoms with Gasteiger partial charge in [-0.25, -0.2) is 4.57 Å². The van der Waals surface area contributed by atoms with E-state index in [1.54, 1.807) is 0 Å². The molecule has 0 rings (SSSR count). The summed E-state index contributed by atoms with van der Waals surface area (Å²) in [7, 11) is -4.75. The largest absolute Gasteiger partial charge is 0.469 e. The molecule has 0 saturated heterocycles. The number of unbranched alkanes of at least 4 members (excludes halogenated alkanes) is 31. The van der Waals surface area contributed by atoms with Crippen LogP contribution in [0.5, 0.6) is 0 Å². The number of rotatable bonds is 43. The number of ether oxygens (including phenoxy) is 2. The first-order chi connectivity index (χ1) is 26.3. The van der Waals surface area contributed by atoms with Gasteiger partial charge in [-0.15, -0.1) is 0 Å². The van der Waals surface area contributed by atoms with Crippen molar-refractivity contribution < 1.29 is 37.9 Å². The van der Waals surface area contributed by atoms with E-state index in [1.165, 1.54) is 167 Å². The minimum absolute atomic E-state index is 0.217. The Morgan fingerprint density at radius 2 is 0.778 bits per heavy atom. The van der Waals surface area contributed by atoms with Crippen molar-refractivity contribution in [1.29, 1.82) is 0 Å². The summed E-state index contributed by atoms with van der Waals surface area (Å²) in [6, 6.07) is 0. The molecule has 1 atom stereocenters. The molecule has 2 N–H and O–H groups in total. The lowest BCUT2D eigenvalue weighted by Gasteiger charge is -2.18. The average Bonchev–Trinajstić information content (AvgIpc) is 3.14. The highest BCUT2D eigenvalue weighted by Gasteiger charge is 2.23. The van der Waals surface area contributed by atoms with Gasteiger partial charge in [-0.2, -0.15) is 0 Å². The van der Waals surface area contributed by atoms with Crippen molar-refractivity contribution in [3.05, 3.63) is 12.2 Å². The second-order valence-electron chi connectivity index (χ2n) is 15.7. The highest BCUT2D eigenvalue weighted by atomic mass is 31.2. The zero-order valence-electron chi connectivity index (χ0n) is 35.4. The second-order valence-corrected chi connectivity index (χ2v) is 17.0. The van der Waals surface area contributed by atoms with E-state index in [9.17, 15) is 14.2 Å². The van der Waals surface area contributed by atoms with Crippen molar-refractivity contribution >= 4 is 19.8 Å². The van der Waals surface area contributed by atoms with Crippen LogP contribution in [0.2, 0.25) is 0 Å². The molecular formula is C45H87O8P. The predicted molar refractivity (Wildman–Crippen MR) is 226 cm³/mol. The van der Waals surface area contributed by atoms with Gasteiger partial charge in [0.2, 0.25) is 0 Å². The quantitative estimate of drug-likeness (QED) is 0.0271. The lowest BCUT2D eigenvalue weighted by molar-refractivity contribution is -0.161. The first kappa shape index (κ1) is 52.8. The van der Waals surface area contributed by atoms with Gasteiger partial charge in [0.25, 0.3) is 0 Å². The number of esters is 2. The molecule has 0 bridgehead atoms. The Morgan fingerprint density at radius 1 is 0.463 bits per heavy atom. The van der Waals surface area contributed by atoms with Gasteiger partial charge < -0.3 is 19.3 Å². The fourth-order valence-corrected chi connectivity index (χ4v) is 7.20. The standard InChI is InChI=1S/C45H87O8P/c1-3-5-7-9-11-13-15-17-19-21-22-24-25-27-29-31-33-35-37-39-44(46)51-41-43(42-52-54(48,49)50)53-45(47)40-38-36-34-32-30-28-26-23-20-18-16-14-12-10-8-6-4-2/h21-22,43H,3-20,23-42H2,1-2H3,(H2,48,49,50)/b22-21-/t43-/m1/s1. The maximum Gasteiger partial charge on any atom is 0.469 e. The minimum Gasteiger partial charge on any atom is -0.462 e. The van der Waals surface area contributed by atoms with E-state index in [0.717, 1.165) is 44.9 Å². The SMILES string of the molecule is CCCCCCCCCC/C=C\CCCCCCCCCC(=O)OC[C@H](COP(=O)(O)O)OC(=O)CCCCCCCCCCCCCCCCCCC. The molecule has 0 aliphatic rings. The fourth-order valence-electron chi connectivity index (χ4n) is 6.84. The summed E-state index contributed by atoms with van der Waals surface area (Å²) >= 11 is 0. The molecule has 0 aromatic carbocycles. The van der Waals surface area contributed by atoms with Crippen LogP contribution in [0.25, 0.3) is 0 Å². The molecule has 0 saturated carbocycles. The maximum absolute atomic E-state index is 12.4. The average molecular weight is 787 g/mol. The molecular weight excluding hydrogens is 699 g/mol.